The van der Waals surface area contributed by atoms with E-state index >= 15 is 0 Å². The summed E-state index contributed by atoms with van der Waals surface area (Å²) in [5.41, 5.74) is 2.63. The Morgan fingerprint density at radius 2 is 2.00 bits per heavy atom. The number of benzene rings is 2. The molecule has 3 aromatic rings. The van der Waals surface area contributed by atoms with Crippen molar-refractivity contribution in [3.05, 3.63) is 57.0 Å². The fraction of sp³-hybridized carbons (Fsp3) is 0.235. The highest BCUT2D eigenvalue weighted by Crippen LogP contribution is 2.23. The maximum absolute atomic E-state index is 12.9. The number of halogens is 2. The molecule has 3 rings (SSSR count). The number of amides is 1. The molecule has 0 aliphatic rings. The van der Waals surface area contributed by atoms with E-state index in [-0.39, 0.29) is 11.9 Å². The van der Waals surface area contributed by atoms with Gasteiger partial charge in [-0.15, -0.1) is 0 Å². The maximum Gasteiger partial charge on any atom is 0.254 e. The van der Waals surface area contributed by atoms with Crippen LogP contribution >= 0.6 is 27.5 Å². The van der Waals surface area contributed by atoms with E-state index in [0.717, 1.165) is 10.0 Å². The quantitative estimate of drug-likeness (QED) is 0.661. The van der Waals surface area contributed by atoms with Crippen LogP contribution in [-0.2, 0) is 0 Å². The summed E-state index contributed by atoms with van der Waals surface area (Å²) in [5, 5.41) is 14.4. The van der Waals surface area contributed by atoms with Crippen LogP contribution in [0.2, 0.25) is 5.02 Å². The van der Waals surface area contributed by atoms with Gasteiger partial charge in [-0.3, -0.25) is 4.79 Å². The van der Waals surface area contributed by atoms with Crippen LogP contribution in [0.25, 0.3) is 11.0 Å². The van der Waals surface area contributed by atoms with E-state index in [0.29, 0.717) is 28.2 Å². The van der Waals surface area contributed by atoms with E-state index in [1.165, 1.54) is 0 Å². The van der Waals surface area contributed by atoms with Crippen molar-refractivity contribution in [2.24, 2.45) is 0 Å². The van der Waals surface area contributed by atoms with E-state index in [1.807, 2.05) is 49.3 Å². The largest absolute Gasteiger partial charge is 0.344 e. The Balaban J connectivity index is 1.91. The Kier molecular flexibility index (Phi) is 5.36. The van der Waals surface area contributed by atoms with Gasteiger partial charge < -0.3 is 10.2 Å². The summed E-state index contributed by atoms with van der Waals surface area (Å²) < 4.78 is 0.773. The second kappa shape index (κ2) is 7.51. The summed E-state index contributed by atoms with van der Waals surface area (Å²) in [4.78, 5) is 14.9. The molecule has 1 amide bonds. The Labute approximate surface area is 158 Å². The van der Waals surface area contributed by atoms with Crippen LogP contribution in [0, 0.1) is 0 Å². The topological polar surface area (TPSA) is 73.9 Å². The number of nitrogens with zero attached hydrogens (tertiary/aromatic N) is 3. The summed E-state index contributed by atoms with van der Waals surface area (Å²) in [6.07, 6.45) is 0. The van der Waals surface area contributed by atoms with Gasteiger partial charge in [0, 0.05) is 16.0 Å². The summed E-state index contributed by atoms with van der Waals surface area (Å²) in [7, 11) is 3.92. The van der Waals surface area contributed by atoms with Gasteiger partial charge in [-0.25, -0.2) is 0 Å². The first kappa shape index (κ1) is 17.8. The Bertz CT molecular complexity index is 894. The molecule has 0 bridgehead atoms. The zero-order valence-electron chi connectivity index (χ0n) is 13.8. The standard InChI is InChI=1S/C17H17BrClN5O/c1-24(2)9-15(10-3-5-12(19)6-4-10)20-17(25)13-7-11(18)8-14-16(13)22-23-21-14/h3-8,15H,9H2,1-2H3,(H,20,25)(H,21,22,23). The molecule has 1 atom stereocenters. The molecule has 1 heterocycles. The lowest BCUT2D eigenvalue weighted by molar-refractivity contribution is 0.0931. The lowest BCUT2D eigenvalue weighted by atomic mass is 10.1. The number of aromatic nitrogens is 3. The van der Waals surface area contributed by atoms with Crippen LogP contribution in [0.4, 0.5) is 0 Å². The Morgan fingerprint density at radius 1 is 1.28 bits per heavy atom. The molecule has 0 saturated heterocycles. The van der Waals surface area contributed by atoms with Crippen LogP contribution in [0.5, 0.6) is 0 Å². The third-order valence-corrected chi connectivity index (χ3v) is 4.47. The van der Waals surface area contributed by atoms with Crippen LogP contribution < -0.4 is 5.32 Å². The average molecular weight is 423 g/mol. The predicted octanol–water partition coefficient (Wildman–Crippen LogP) is 3.41. The lowest BCUT2D eigenvalue weighted by Gasteiger charge is -2.23. The second-order valence-corrected chi connectivity index (χ2v) is 7.34. The highest BCUT2D eigenvalue weighted by atomic mass is 79.9. The van der Waals surface area contributed by atoms with Crippen molar-refractivity contribution in [1.82, 2.24) is 25.6 Å². The molecule has 0 aliphatic heterocycles. The van der Waals surface area contributed by atoms with Gasteiger partial charge in [0.1, 0.15) is 11.0 Å². The molecule has 0 fully saturated rings. The number of likely N-dealkylation sites (N-methyl/N-ethyl adjacent to an activating group) is 1. The first-order valence-electron chi connectivity index (χ1n) is 7.65. The number of nitrogens with one attached hydrogen (secondary N) is 2. The minimum Gasteiger partial charge on any atom is -0.344 e. The van der Waals surface area contributed by atoms with Gasteiger partial charge in [0.05, 0.1) is 11.6 Å². The minimum absolute atomic E-state index is 0.180. The fourth-order valence-electron chi connectivity index (χ4n) is 2.62. The summed E-state index contributed by atoms with van der Waals surface area (Å²) in [6.45, 7) is 0.656. The van der Waals surface area contributed by atoms with Crippen LogP contribution in [-0.4, -0.2) is 46.9 Å². The third-order valence-electron chi connectivity index (χ3n) is 3.76. The fourth-order valence-corrected chi connectivity index (χ4v) is 3.19. The van der Waals surface area contributed by atoms with Gasteiger partial charge in [-0.2, -0.15) is 15.4 Å². The lowest BCUT2D eigenvalue weighted by Crippen LogP contribution is -2.35. The van der Waals surface area contributed by atoms with Gasteiger partial charge in [-0.1, -0.05) is 39.7 Å². The molecule has 0 saturated carbocycles. The first-order chi connectivity index (χ1) is 11.9. The molecule has 130 valence electrons. The van der Waals surface area contributed by atoms with Crippen molar-refractivity contribution in [2.75, 3.05) is 20.6 Å². The van der Waals surface area contributed by atoms with Crippen LogP contribution in [0.1, 0.15) is 22.0 Å². The average Bonchev–Trinajstić information content (AvgIpc) is 3.01. The van der Waals surface area contributed by atoms with E-state index in [9.17, 15) is 4.79 Å². The molecule has 6 nitrogen and oxygen atoms in total. The van der Waals surface area contributed by atoms with Crippen molar-refractivity contribution < 1.29 is 4.79 Å². The number of hydrogen-bond donors (Lipinski definition) is 2. The normalized spacial score (nSPS) is 12.5. The molecule has 1 unspecified atom stereocenters. The summed E-state index contributed by atoms with van der Waals surface area (Å²) >= 11 is 9.38. The van der Waals surface area contributed by atoms with Crippen LogP contribution in [0.3, 0.4) is 0 Å². The third kappa shape index (κ3) is 4.18. The molecular weight excluding hydrogens is 406 g/mol. The molecule has 1 aromatic heterocycles. The Hall–Kier alpha value is -1.96. The molecule has 25 heavy (non-hydrogen) atoms. The molecule has 0 spiro atoms. The number of aromatic amines is 1. The maximum atomic E-state index is 12.9. The predicted molar refractivity (Wildman–Crippen MR) is 102 cm³/mol. The van der Waals surface area contributed by atoms with Gasteiger partial charge in [0.15, 0.2) is 0 Å². The summed E-state index contributed by atoms with van der Waals surface area (Å²) in [6, 6.07) is 10.9. The number of H-pyrrole nitrogens is 1. The molecular formula is C17H17BrClN5O. The van der Waals surface area contributed by atoms with Gasteiger partial charge in [-0.05, 0) is 43.9 Å². The molecule has 0 aliphatic carbocycles. The van der Waals surface area contributed by atoms with Crippen LogP contribution in [0.15, 0.2) is 40.9 Å². The minimum atomic E-state index is -0.206. The Morgan fingerprint density at radius 3 is 2.68 bits per heavy atom. The van der Waals surface area contributed by atoms with E-state index in [2.05, 4.69) is 36.7 Å². The van der Waals surface area contributed by atoms with Gasteiger partial charge >= 0.3 is 0 Å². The zero-order valence-corrected chi connectivity index (χ0v) is 16.1. The van der Waals surface area contributed by atoms with Gasteiger partial charge in [0.2, 0.25) is 0 Å². The van der Waals surface area contributed by atoms with Crippen molar-refractivity contribution >= 4 is 44.5 Å². The zero-order chi connectivity index (χ0) is 18.0. The van der Waals surface area contributed by atoms with Crippen molar-refractivity contribution in [3.63, 3.8) is 0 Å². The van der Waals surface area contributed by atoms with E-state index < -0.39 is 0 Å². The number of carbonyl (C=O) groups excluding carboxylic acids is 1. The van der Waals surface area contributed by atoms with E-state index in [4.69, 9.17) is 11.6 Å². The highest BCUT2D eigenvalue weighted by molar-refractivity contribution is 9.10. The SMILES string of the molecule is CN(C)CC(NC(=O)c1cc(Br)cc2n[nH]nc12)c1ccc(Cl)cc1. The number of hydrogen-bond acceptors (Lipinski definition) is 4. The smallest absolute Gasteiger partial charge is 0.254 e. The number of rotatable bonds is 5. The second-order valence-electron chi connectivity index (χ2n) is 5.98. The van der Waals surface area contributed by atoms with E-state index in [1.54, 1.807) is 6.07 Å². The molecule has 2 aromatic carbocycles. The van der Waals surface area contributed by atoms with Gasteiger partial charge in [0.25, 0.3) is 5.91 Å². The molecule has 2 N–H and O–H groups in total. The number of carbonyl (C=O) groups is 1. The van der Waals surface area contributed by atoms with Crippen molar-refractivity contribution in [3.8, 4) is 0 Å². The monoisotopic (exact) mass is 421 g/mol. The number of fused-ring (bicyclic) bond motifs is 1. The van der Waals surface area contributed by atoms with Crippen molar-refractivity contribution in [1.29, 1.82) is 0 Å². The molecule has 0 radical (unpaired) electrons. The summed E-state index contributed by atoms with van der Waals surface area (Å²) in [5.74, 6) is -0.206. The molecule has 8 heteroatoms. The highest BCUT2D eigenvalue weighted by Gasteiger charge is 2.20. The van der Waals surface area contributed by atoms with Crippen molar-refractivity contribution in [2.45, 2.75) is 6.04 Å². The first-order valence-corrected chi connectivity index (χ1v) is 8.82.